The minimum absolute atomic E-state index is 0.179. The average molecular weight is 313 g/mol. The Morgan fingerprint density at radius 1 is 1.43 bits per heavy atom. The molecule has 6 nitrogen and oxygen atoms in total. The standard InChI is InChI=1S/C14H21ClN4O2/c1-14(2,3)21-13(20)19-6-5-11(9-19)18(4)12-16-7-10(15)8-17-12/h7-8,11H,5-6,9H2,1-4H3. The van der Waals surface area contributed by atoms with Gasteiger partial charge >= 0.3 is 6.09 Å². The van der Waals surface area contributed by atoms with Gasteiger partial charge in [0.1, 0.15) is 5.60 Å². The van der Waals surface area contributed by atoms with Crippen LogP contribution in [0.1, 0.15) is 27.2 Å². The molecule has 1 aliphatic heterocycles. The Morgan fingerprint density at radius 2 is 2.05 bits per heavy atom. The Hall–Kier alpha value is -1.56. The van der Waals surface area contributed by atoms with Crippen molar-refractivity contribution in [1.29, 1.82) is 0 Å². The molecule has 1 atom stereocenters. The molecule has 0 saturated carbocycles. The summed E-state index contributed by atoms with van der Waals surface area (Å²) < 4.78 is 5.39. The van der Waals surface area contributed by atoms with Gasteiger partial charge in [-0.15, -0.1) is 0 Å². The number of ether oxygens (including phenoxy) is 1. The number of carbonyl (C=O) groups is 1. The average Bonchev–Trinajstić information content (AvgIpc) is 2.86. The predicted molar refractivity (Wildman–Crippen MR) is 81.7 cm³/mol. The van der Waals surface area contributed by atoms with Gasteiger partial charge in [-0.25, -0.2) is 14.8 Å². The summed E-state index contributed by atoms with van der Waals surface area (Å²) in [4.78, 5) is 24.1. The summed E-state index contributed by atoms with van der Waals surface area (Å²) in [5.41, 5.74) is -0.472. The van der Waals surface area contributed by atoms with E-state index in [4.69, 9.17) is 16.3 Å². The molecule has 0 bridgehead atoms. The van der Waals surface area contributed by atoms with E-state index in [-0.39, 0.29) is 12.1 Å². The van der Waals surface area contributed by atoms with Crippen LogP contribution in [0.3, 0.4) is 0 Å². The van der Waals surface area contributed by atoms with Gasteiger partial charge in [-0.3, -0.25) is 0 Å². The lowest BCUT2D eigenvalue weighted by atomic mass is 10.2. The van der Waals surface area contributed by atoms with Crippen LogP contribution >= 0.6 is 11.6 Å². The molecule has 1 aliphatic rings. The Bertz CT molecular complexity index is 501. The Morgan fingerprint density at radius 3 is 2.62 bits per heavy atom. The molecule has 0 N–H and O–H groups in total. The second kappa shape index (κ2) is 6.05. The summed E-state index contributed by atoms with van der Waals surface area (Å²) in [6.07, 6.45) is 3.74. The smallest absolute Gasteiger partial charge is 0.410 e. The number of nitrogens with zero attached hydrogens (tertiary/aromatic N) is 4. The summed E-state index contributed by atoms with van der Waals surface area (Å²) in [6, 6.07) is 0.179. The molecule has 1 amide bonds. The number of likely N-dealkylation sites (tertiary alicyclic amines) is 1. The van der Waals surface area contributed by atoms with E-state index < -0.39 is 5.60 Å². The zero-order chi connectivity index (χ0) is 15.6. The van der Waals surface area contributed by atoms with Crippen LogP contribution < -0.4 is 4.90 Å². The van der Waals surface area contributed by atoms with Crippen LogP contribution in [0.2, 0.25) is 5.02 Å². The summed E-state index contributed by atoms with van der Waals surface area (Å²) >= 11 is 5.79. The van der Waals surface area contributed by atoms with E-state index in [9.17, 15) is 4.79 Å². The number of anilines is 1. The number of likely N-dealkylation sites (N-methyl/N-ethyl adjacent to an activating group) is 1. The molecule has 7 heteroatoms. The first-order chi connectivity index (χ1) is 9.76. The highest BCUT2D eigenvalue weighted by Crippen LogP contribution is 2.21. The summed E-state index contributed by atoms with van der Waals surface area (Å²) in [6.45, 7) is 6.89. The van der Waals surface area contributed by atoms with Crippen molar-refractivity contribution in [2.45, 2.75) is 38.8 Å². The lowest BCUT2D eigenvalue weighted by molar-refractivity contribution is 0.0292. The third kappa shape index (κ3) is 4.20. The van der Waals surface area contributed by atoms with Crippen LogP contribution in [0, 0.1) is 0 Å². The van der Waals surface area contributed by atoms with E-state index in [1.807, 2.05) is 32.7 Å². The van der Waals surface area contributed by atoms with Crippen molar-refractivity contribution in [2.75, 3.05) is 25.0 Å². The normalized spacial score (nSPS) is 18.7. The van der Waals surface area contributed by atoms with Gasteiger partial charge in [0.05, 0.1) is 23.5 Å². The van der Waals surface area contributed by atoms with Crippen molar-refractivity contribution in [3.8, 4) is 0 Å². The fourth-order valence-electron chi connectivity index (χ4n) is 2.20. The predicted octanol–water partition coefficient (Wildman–Crippen LogP) is 2.58. The number of hydrogen-bond donors (Lipinski definition) is 0. The van der Waals surface area contributed by atoms with E-state index in [0.717, 1.165) is 6.42 Å². The fraction of sp³-hybridized carbons (Fsp3) is 0.643. The highest BCUT2D eigenvalue weighted by atomic mass is 35.5. The van der Waals surface area contributed by atoms with Crippen LogP contribution in [0.4, 0.5) is 10.7 Å². The van der Waals surface area contributed by atoms with Gasteiger partial charge in [0.25, 0.3) is 0 Å². The van der Waals surface area contributed by atoms with Crippen molar-refractivity contribution in [1.82, 2.24) is 14.9 Å². The molecule has 2 rings (SSSR count). The van der Waals surface area contributed by atoms with Crippen molar-refractivity contribution >= 4 is 23.6 Å². The molecule has 21 heavy (non-hydrogen) atoms. The van der Waals surface area contributed by atoms with Gasteiger partial charge in [-0.05, 0) is 27.2 Å². The van der Waals surface area contributed by atoms with Crippen LogP contribution in [-0.2, 0) is 4.74 Å². The van der Waals surface area contributed by atoms with Gasteiger partial charge in [-0.2, -0.15) is 0 Å². The van der Waals surface area contributed by atoms with Gasteiger partial charge < -0.3 is 14.5 Å². The van der Waals surface area contributed by atoms with Crippen molar-refractivity contribution < 1.29 is 9.53 Å². The maximum absolute atomic E-state index is 12.0. The second-order valence-electron chi connectivity index (χ2n) is 6.18. The molecule has 1 saturated heterocycles. The van der Waals surface area contributed by atoms with Crippen LogP contribution in [0.15, 0.2) is 12.4 Å². The van der Waals surface area contributed by atoms with Crippen molar-refractivity contribution in [3.05, 3.63) is 17.4 Å². The number of halogens is 1. The second-order valence-corrected chi connectivity index (χ2v) is 6.62. The van der Waals surface area contributed by atoms with Crippen LogP contribution in [-0.4, -0.2) is 52.7 Å². The third-order valence-corrected chi connectivity index (χ3v) is 3.48. The number of hydrogen-bond acceptors (Lipinski definition) is 5. The molecule has 1 aromatic rings. The molecule has 2 heterocycles. The summed E-state index contributed by atoms with van der Waals surface area (Å²) in [5, 5.41) is 0.508. The van der Waals surface area contributed by atoms with E-state index in [2.05, 4.69) is 9.97 Å². The molecule has 0 radical (unpaired) electrons. The highest BCUT2D eigenvalue weighted by molar-refractivity contribution is 6.30. The molecule has 1 fully saturated rings. The Labute approximate surface area is 130 Å². The van der Waals surface area contributed by atoms with Gasteiger partial charge in [0.2, 0.25) is 5.95 Å². The highest BCUT2D eigenvalue weighted by Gasteiger charge is 2.32. The summed E-state index contributed by atoms with van der Waals surface area (Å²) in [5.74, 6) is 0.607. The number of carbonyl (C=O) groups excluding carboxylic acids is 1. The number of rotatable bonds is 2. The maximum Gasteiger partial charge on any atom is 0.410 e. The molecule has 116 valence electrons. The van der Waals surface area contributed by atoms with Gasteiger partial charge in [0.15, 0.2) is 0 Å². The first-order valence-electron chi connectivity index (χ1n) is 6.94. The molecule has 0 aliphatic carbocycles. The Kier molecular flexibility index (Phi) is 4.56. The molecular weight excluding hydrogens is 292 g/mol. The van der Waals surface area contributed by atoms with E-state index in [1.165, 1.54) is 0 Å². The van der Waals surface area contributed by atoms with Crippen LogP contribution in [0.5, 0.6) is 0 Å². The number of amides is 1. The van der Waals surface area contributed by atoms with Crippen molar-refractivity contribution in [3.63, 3.8) is 0 Å². The molecule has 0 spiro atoms. The zero-order valence-corrected chi connectivity index (χ0v) is 13.6. The van der Waals surface area contributed by atoms with Crippen molar-refractivity contribution in [2.24, 2.45) is 0 Å². The maximum atomic E-state index is 12.0. The number of aromatic nitrogens is 2. The SMILES string of the molecule is CN(c1ncc(Cl)cn1)C1CCN(C(=O)OC(C)(C)C)C1. The lowest BCUT2D eigenvalue weighted by Gasteiger charge is -2.26. The summed E-state index contributed by atoms with van der Waals surface area (Å²) in [7, 11) is 1.92. The molecule has 0 aromatic carbocycles. The minimum atomic E-state index is -0.472. The molecule has 1 unspecified atom stereocenters. The van der Waals surface area contributed by atoms with E-state index in [0.29, 0.717) is 24.1 Å². The fourth-order valence-corrected chi connectivity index (χ4v) is 2.30. The topological polar surface area (TPSA) is 58.6 Å². The Balaban J connectivity index is 1.95. The zero-order valence-electron chi connectivity index (χ0n) is 12.8. The van der Waals surface area contributed by atoms with Crippen LogP contribution in [0.25, 0.3) is 0 Å². The third-order valence-electron chi connectivity index (χ3n) is 3.28. The van der Waals surface area contributed by atoms with E-state index in [1.54, 1.807) is 17.3 Å². The lowest BCUT2D eigenvalue weighted by Crippen LogP contribution is -2.39. The minimum Gasteiger partial charge on any atom is -0.444 e. The van der Waals surface area contributed by atoms with E-state index >= 15 is 0 Å². The first kappa shape index (κ1) is 15.8. The largest absolute Gasteiger partial charge is 0.444 e. The van der Waals surface area contributed by atoms with Gasteiger partial charge in [0, 0.05) is 20.1 Å². The molecular formula is C14H21ClN4O2. The first-order valence-corrected chi connectivity index (χ1v) is 7.32. The van der Waals surface area contributed by atoms with Gasteiger partial charge in [-0.1, -0.05) is 11.6 Å². The molecule has 1 aromatic heterocycles. The quantitative estimate of drug-likeness (QED) is 0.840. The monoisotopic (exact) mass is 312 g/mol.